The molecule has 1 N–H and O–H groups in total. The van der Waals surface area contributed by atoms with Gasteiger partial charge in [0, 0.05) is 18.0 Å². The van der Waals surface area contributed by atoms with Crippen molar-refractivity contribution in [3.8, 4) is 5.75 Å². The Morgan fingerprint density at radius 3 is 2.60 bits per heavy atom. The van der Waals surface area contributed by atoms with E-state index in [9.17, 15) is 0 Å². The Bertz CT molecular complexity index is 593. The van der Waals surface area contributed by atoms with E-state index in [0.717, 1.165) is 18.2 Å². The predicted molar refractivity (Wildman–Crippen MR) is 84.1 cm³/mol. The highest BCUT2D eigenvalue weighted by atomic mass is 16.5. The number of benzene rings is 2. The van der Waals surface area contributed by atoms with Crippen molar-refractivity contribution in [2.75, 3.05) is 7.11 Å². The van der Waals surface area contributed by atoms with E-state index in [-0.39, 0.29) is 0 Å². The van der Waals surface area contributed by atoms with Crippen LogP contribution in [-0.2, 0) is 6.54 Å². The second-order valence-electron chi connectivity index (χ2n) is 5.87. The quantitative estimate of drug-likeness (QED) is 0.901. The standard InChI is InChI=1S/C18H23NO/c1-13-6-5-9-17(13)19-12-14-10-11-18(20-2)16-8-4-3-7-15(14)16/h3-4,7-8,10-11,13,17,19H,5-6,9,12H2,1-2H3. The summed E-state index contributed by atoms with van der Waals surface area (Å²) < 4.78 is 5.46. The summed E-state index contributed by atoms with van der Waals surface area (Å²) in [7, 11) is 1.74. The van der Waals surface area contributed by atoms with Gasteiger partial charge in [0.05, 0.1) is 7.11 Å². The third-order valence-electron chi connectivity index (χ3n) is 4.61. The summed E-state index contributed by atoms with van der Waals surface area (Å²) in [6.07, 6.45) is 4.04. The molecule has 0 radical (unpaired) electrons. The molecule has 2 unspecified atom stereocenters. The molecule has 1 aliphatic carbocycles. The van der Waals surface area contributed by atoms with Gasteiger partial charge in [-0.3, -0.25) is 0 Å². The molecule has 1 saturated carbocycles. The maximum atomic E-state index is 5.46. The van der Waals surface area contributed by atoms with Gasteiger partial charge in [-0.2, -0.15) is 0 Å². The van der Waals surface area contributed by atoms with Crippen molar-refractivity contribution in [2.45, 2.75) is 38.8 Å². The summed E-state index contributed by atoms with van der Waals surface area (Å²) in [6, 6.07) is 13.4. The molecule has 2 heteroatoms. The fraction of sp³-hybridized carbons (Fsp3) is 0.444. The minimum absolute atomic E-state index is 0.677. The van der Waals surface area contributed by atoms with E-state index in [2.05, 4.69) is 48.6 Å². The van der Waals surface area contributed by atoms with Crippen molar-refractivity contribution in [1.82, 2.24) is 5.32 Å². The van der Waals surface area contributed by atoms with Crippen LogP contribution in [0.3, 0.4) is 0 Å². The van der Waals surface area contributed by atoms with Crippen LogP contribution in [0, 0.1) is 5.92 Å². The maximum absolute atomic E-state index is 5.46. The predicted octanol–water partition coefficient (Wildman–Crippen LogP) is 4.13. The Labute approximate surface area is 121 Å². The first-order chi connectivity index (χ1) is 9.79. The molecular weight excluding hydrogens is 246 g/mol. The zero-order valence-corrected chi connectivity index (χ0v) is 12.4. The molecule has 20 heavy (non-hydrogen) atoms. The summed E-state index contributed by atoms with van der Waals surface area (Å²) in [6.45, 7) is 3.30. The number of hydrogen-bond donors (Lipinski definition) is 1. The zero-order chi connectivity index (χ0) is 13.9. The molecular formula is C18H23NO. The van der Waals surface area contributed by atoms with Crippen molar-refractivity contribution in [3.05, 3.63) is 42.0 Å². The largest absolute Gasteiger partial charge is 0.496 e. The normalized spacial score (nSPS) is 22.3. The number of nitrogens with one attached hydrogen (secondary N) is 1. The van der Waals surface area contributed by atoms with Crippen LogP contribution in [0.15, 0.2) is 36.4 Å². The molecule has 0 bridgehead atoms. The topological polar surface area (TPSA) is 21.3 Å². The van der Waals surface area contributed by atoms with E-state index in [1.807, 2.05) is 0 Å². The van der Waals surface area contributed by atoms with E-state index in [0.29, 0.717) is 6.04 Å². The molecule has 0 aliphatic heterocycles. The molecule has 106 valence electrons. The molecule has 1 fully saturated rings. The summed E-state index contributed by atoms with van der Waals surface area (Å²) in [5.41, 5.74) is 1.36. The molecule has 0 heterocycles. The lowest BCUT2D eigenvalue weighted by atomic mass is 10.0. The minimum Gasteiger partial charge on any atom is -0.496 e. The number of fused-ring (bicyclic) bond motifs is 1. The van der Waals surface area contributed by atoms with Crippen LogP contribution in [0.2, 0.25) is 0 Å². The van der Waals surface area contributed by atoms with E-state index in [1.54, 1.807) is 7.11 Å². The molecule has 2 aromatic carbocycles. The molecule has 2 atom stereocenters. The van der Waals surface area contributed by atoms with Crippen LogP contribution in [0.5, 0.6) is 5.75 Å². The Hall–Kier alpha value is -1.54. The number of ether oxygens (including phenoxy) is 1. The van der Waals surface area contributed by atoms with Crippen molar-refractivity contribution < 1.29 is 4.74 Å². The third kappa shape index (κ3) is 2.53. The van der Waals surface area contributed by atoms with Crippen LogP contribution < -0.4 is 10.1 Å². The van der Waals surface area contributed by atoms with Gasteiger partial charge < -0.3 is 10.1 Å². The maximum Gasteiger partial charge on any atom is 0.126 e. The van der Waals surface area contributed by atoms with Crippen LogP contribution >= 0.6 is 0 Å². The molecule has 0 amide bonds. The van der Waals surface area contributed by atoms with Gasteiger partial charge in [0.1, 0.15) is 5.75 Å². The Kier molecular flexibility index (Phi) is 3.93. The molecule has 1 aliphatic rings. The lowest BCUT2D eigenvalue weighted by Gasteiger charge is -2.18. The molecule has 0 aromatic heterocycles. The highest BCUT2D eigenvalue weighted by Crippen LogP contribution is 2.29. The van der Waals surface area contributed by atoms with Gasteiger partial charge >= 0.3 is 0 Å². The lowest BCUT2D eigenvalue weighted by molar-refractivity contribution is 0.418. The molecule has 0 spiro atoms. The monoisotopic (exact) mass is 269 g/mol. The van der Waals surface area contributed by atoms with Gasteiger partial charge in [0.2, 0.25) is 0 Å². The van der Waals surface area contributed by atoms with Crippen molar-refractivity contribution in [3.63, 3.8) is 0 Å². The van der Waals surface area contributed by atoms with E-state index in [1.165, 1.54) is 35.6 Å². The van der Waals surface area contributed by atoms with Gasteiger partial charge in [0.25, 0.3) is 0 Å². The lowest BCUT2D eigenvalue weighted by Crippen LogP contribution is -2.30. The number of rotatable bonds is 4. The fourth-order valence-corrected chi connectivity index (χ4v) is 3.36. The first-order valence-corrected chi connectivity index (χ1v) is 7.57. The summed E-state index contributed by atoms with van der Waals surface area (Å²) in [5, 5.41) is 6.24. The van der Waals surface area contributed by atoms with Crippen LogP contribution in [0.4, 0.5) is 0 Å². The van der Waals surface area contributed by atoms with Gasteiger partial charge in [0.15, 0.2) is 0 Å². The molecule has 2 nitrogen and oxygen atoms in total. The average molecular weight is 269 g/mol. The smallest absolute Gasteiger partial charge is 0.126 e. The number of methoxy groups -OCH3 is 1. The first-order valence-electron chi connectivity index (χ1n) is 7.57. The Morgan fingerprint density at radius 2 is 1.90 bits per heavy atom. The molecule has 0 saturated heterocycles. The van der Waals surface area contributed by atoms with E-state index in [4.69, 9.17) is 4.74 Å². The van der Waals surface area contributed by atoms with Crippen molar-refractivity contribution >= 4 is 10.8 Å². The number of hydrogen-bond acceptors (Lipinski definition) is 2. The Morgan fingerprint density at radius 1 is 1.10 bits per heavy atom. The fourth-order valence-electron chi connectivity index (χ4n) is 3.36. The summed E-state index contributed by atoms with van der Waals surface area (Å²) in [5.74, 6) is 1.76. The van der Waals surface area contributed by atoms with Crippen LogP contribution in [0.25, 0.3) is 10.8 Å². The molecule has 2 aromatic rings. The zero-order valence-electron chi connectivity index (χ0n) is 12.4. The van der Waals surface area contributed by atoms with Crippen LogP contribution in [0.1, 0.15) is 31.7 Å². The second-order valence-corrected chi connectivity index (χ2v) is 5.87. The first kappa shape index (κ1) is 13.4. The van der Waals surface area contributed by atoms with Crippen molar-refractivity contribution in [2.24, 2.45) is 5.92 Å². The average Bonchev–Trinajstić information content (AvgIpc) is 2.90. The van der Waals surface area contributed by atoms with Gasteiger partial charge in [-0.15, -0.1) is 0 Å². The van der Waals surface area contributed by atoms with Crippen molar-refractivity contribution in [1.29, 1.82) is 0 Å². The van der Waals surface area contributed by atoms with Crippen LogP contribution in [-0.4, -0.2) is 13.2 Å². The summed E-state index contributed by atoms with van der Waals surface area (Å²) >= 11 is 0. The second kappa shape index (κ2) is 5.84. The van der Waals surface area contributed by atoms with Gasteiger partial charge in [-0.05, 0) is 35.8 Å². The minimum atomic E-state index is 0.677. The van der Waals surface area contributed by atoms with E-state index < -0.39 is 0 Å². The molecule has 3 rings (SSSR count). The van der Waals surface area contributed by atoms with Gasteiger partial charge in [-0.1, -0.05) is 43.7 Å². The highest BCUT2D eigenvalue weighted by molar-refractivity contribution is 5.91. The van der Waals surface area contributed by atoms with Gasteiger partial charge in [-0.25, -0.2) is 0 Å². The summed E-state index contributed by atoms with van der Waals surface area (Å²) in [4.78, 5) is 0. The van der Waals surface area contributed by atoms with E-state index >= 15 is 0 Å². The Balaban J connectivity index is 1.84. The third-order valence-corrected chi connectivity index (χ3v) is 4.61. The SMILES string of the molecule is COc1ccc(CNC2CCCC2C)c2ccccc12. The highest BCUT2D eigenvalue weighted by Gasteiger charge is 2.22.